The Morgan fingerprint density at radius 3 is 2.37 bits per heavy atom. The molecule has 0 saturated heterocycles. The van der Waals surface area contributed by atoms with Crippen LogP contribution in [0.5, 0.6) is 0 Å². The molecule has 1 N–H and O–H groups in total. The molecule has 0 saturated carbocycles. The van der Waals surface area contributed by atoms with Crippen molar-refractivity contribution >= 4 is 10.8 Å². The van der Waals surface area contributed by atoms with Crippen LogP contribution in [0, 0.1) is 0 Å². The van der Waals surface area contributed by atoms with E-state index in [1.54, 1.807) is 6.20 Å². The predicted octanol–water partition coefficient (Wildman–Crippen LogP) is 3.39. The first-order valence-electron chi connectivity index (χ1n) is 5.93. The summed E-state index contributed by atoms with van der Waals surface area (Å²) in [6.45, 7) is 0.0428. The van der Waals surface area contributed by atoms with E-state index in [9.17, 15) is 5.11 Å². The largest absolute Gasteiger partial charge is 0.392 e. The van der Waals surface area contributed by atoms with E-state index in [-0.39, 0.29) is 39.3 Å². The zero-order valence-corrected chi connectivity index (χ0v) is 13.3. The van der Waals surface area contributed by atoms with E-state index >= 15 is 0 Å². The van der Waals surface area contributed by atoms with Crippen LogP contribution in [0.25, 0.3) is 22.0 Å². The van der Waals surface area contributed by atoms with E-state index in [2.05, 4.69) is 17.1 Å². The Hall–Kier alpha value is -1.09. The summed E-state index contributed by atoms with van der Waals surface area (Å²) in [5.74, 6) is 0. The summed E-state index contributed by atoms with van der Waals surface area (Å²) in [4.78, 5) is 4.39. The molecule has 0 bridgehead atoms. The van der Waals surface area contributed by atoms with Crippen LogP contribution in [0.15, 0.2) is 60.8 Å². The molecule has 0 aliphatic rings. The number of aromatic nitrogens is 1. The molecule has 1 aromatic heterocycles. The van der Waals surface area contributed by atoms with Gasteiger partial charge in [-0.05, 0) is 28.5 Å². The van der Waals surface area contributed by atoms with Gasteiger partial charge in [0.2, 0.25) is 0 Å². The second-order valence-electron chi connectivity index (χ2n) is 4.19. The van der Waals surface area contributed by atoms with Crippen molar-refractivity contribution in [2.24, 2.45) is 0 Å². The molecule has 0 fully saturated rings. The van der Waals surface area contributed by atoms with Crippen molar-refractivity contribution in [3.63, 3.8) is 0 Å². The second kappa shape index (κ2) is 6.38. The van der Waals surface area contributed by atoms with Crippen LogP contribution in [-0.2, 0) is 39.3 Å². The van der Waals surface area contributed by atoms with E-state index in [1.807, 2.05) is 42.5 Å². The zero-order valence-electron chi connectivity index (χ0n) is 10.5. The molecule has 1 heterocycles. The fourth-order valence-corrected chi connectivity index (χ4v) is 2.29. The van der Waals surface area contributed by atoms with Gasteiger partial charge in [-0.25, -0.2) is 0 Å². The van der Waals surface area contributed by atoms with Crippen molar-refractivity contribution in [2.45, 2.75) is 6.61 Å². The van der Waals surface area contributed by atoms with Gasteiger partial charge in [-0.3, -0.25) is 4.98 Å². The molecule has 2 aromatic carbocycles. The number of aliphatic hydroxyl groups is 1. The van der Waals surface area contributed by atoms with Crippen molar-refractivity contribution < 1.29 is 37.8 Å². The van der Waals surface area contributed by atoms with Gasteiger partial charge in [0.05, 0.1) is 12.3 Å². The molecule has 2 nitrogen and oxygen atoms in total. The quantitative estimate of drug-likeness (QED) is 0.784. The summed E-state index contributed by atoms with van der Waals surface area (Å²) in [7, 11) is 0. The number of rotatable bonds is 2. The van der Waals surface area contributed by atoms with Gasteiger partial charge in [-0.2, -0.15) is 0 Å². The van der Waals surface area contributed by atoms with Gasteiger partial charge in [0.1, 0.15) is 0 Å². The number of hydrogen-bond donors (Lipinski definition) is 1. The average molecular weight is 324 g/mol. The van der Waals surface area contributed by atoms with Crippen LogP contribution in [0.2, 0.25) is 0 Å². The Kier molecular flexibility index (Phi) is 4.81. The Morgan fingerprint density at radius 2 is 1.68 bits per heavy atom. The monoisotopic (exact) mass is 324 g/mol. The third-order valence-electron chi connectivity index (χ3n) is 3.10. The smallest absolute Gasteiger partial charge is 0.0708 e. The normalized spacial score (nSPS) is 10.2. The third kappa shape index (κ3) is 2.76. The maximum absolute atomic E-state index is 9.49. The number of hydrogen-bond acceptors (Lipinski definition) is 2. The molecular weight excluding hydrogens is 311 g/mol. The van der Waals surface area contributed by atoms with Crippen molar-refractivity contribution in [3.8, 4) is 11.3 Å². The van der Waals surface area contributed by atoms with Crippen LogP contribution in [0.3, 0.4) is 0 Å². The Balaban J connectivity index is 0.00000133. The maximum atomic E-state index is 9.49. The van der Waals surface area contributed by atoms with Gasteiger partial charge < -0.3 is 5.11 Å². The molecular formula is C16H13NOY. The minimum atomic E-state index is 0. The maximum Gasteiger partial charge on any atom is 0.0708 e. The molecule has 3 rings (SSSR count). The van der Waals surface area contributed by atoms with Crippen molar-refractivity contribution in [3.05, 3.63) is 66.4 Å². The summed E-state index contributed by atoms with van der Waals surface area (Å²) in [5.41, 5.74) is 2.94. The van der Waals surface area contributed by atoms with E-state index < -0.39 is 0 Å². The number of benzene rings is 2. The predicted molar refractivity (Wildman–Crippen MR) is 73.1 cm³/mol. The van der Waals surface area contributed by atoms with Gasteiger partial charge in [0.25, 0.3) is 0 Å². The molecule has 0 spiro atoms. The fourth-order valence-electron chi connectivity index (χ4n) is 2.29. The van der Waals surface area contributed by atoms with E-state index in [0.717, 1.165) is 27.6 Å². The minimum absolute atomic E-state index is 0. The zero-order chi connectivity index (χ0) is 12.4. The first-order valence-corrected chi connectivity index (χ1v) is 5.93. The van der Waals surface area contributed by atoms with E-state index in [4.69, 9.17) is 0 Å². The third-order valence-corrected chi connectivity index (χ3v) is 3.10. The van der Waals surface area contributed by atoms with Gasteiger partial charge in [-0.15, -0.1) is 0 Å². The van der Waals surface area contributed by atoms with Crippen LogP contribution in [-0.4, -0.2) is 10.1 Å². The summed E-state index contributed by atoms with van der Waals surface area (Å²) in [6.07, 6.45) is 1.79. The fraction of sp³-hybridized carbons (Fsp3) is 0.0625. The standard InChI is InChI=1S/C16H13NO.Y/c18-11-13-7-3-5-12-6-4-8-14(16(12)13)15-9-1-2-10-17-15;/h1-10,18H,11H2;. The van der Waals surface area contributed by atoms with Crippen LogP contribution >= 0.6 is 0 Å². The van der Waals surface area contributed by atoms with Crippen LogP contribution in [0.4, 0.5) is 0 Å². The molecule has 91 valence electrons. The molecule has 1 radical (unpaired) electrons. The molecule has 0 amide bonds. The number of aliphatic hydroxyl groups excluding tert-OH is 1. The molecule has 19 heavy (non-hydrogen) atoms. The molecule has 0 aliphatic heterocycles. The molecule has 0 unspecified atom stereocenters. The topological polar surface area (TPSA) is 33.1 Å². The first kappa shape index (κ1) is 14.3. The summed E-state index contributed by atoms with van der Waals surface area (Å²) in [5, 5.41) is 11.7. The van der Waals surface area contributed by atoms with Gasteiger partial charge in [-0.1, -0.05) is 42.5 Å². The second-order valence-corrected chi connectivity index (χ2v) is 4.19. The van der Waals surface area contributed by atoms with E-state index in [1.165, 1.54) is 0 Å². The van der Waals surface area contributed by atoms with Gasteiger partial charge >= 0.3 is 0 Å². The van der Waals surface area contributed by atoms with Crippen LogP contribution in [0.1, 0.15) is 5.56 Å². The Bertz CT molecular complexity index is 677. The van der Waals surface area contributed by atoms with Crippen LogP contribution < -0.4 is 0 Å². The Morgan fingerprint density at radius 1 is 0.895 bits per heavy atom. The molecule has 3 heteroatoms. The van der Waals surface area contributed by atoms with Gasteiger partial charge in [0, 0.05) is 44.5 Å². The number of pyridine rings is 1. The van der Waals surface area contributed by atoms with Crippen molar-refractivity contribution in [2.75, 3.05) is 0 Å². The molecule has 0 atom stereocenters. The summed E-state index contributed by atoms with van der Waals surface area (Å²) >= 11 is 0. The molecule has 0 aliphatic carbocycles. The first-order chi connectivity index (χ1) is 8.90. The SMILES string of the molecule is OCc1cccc2cccc(-c3ccccn3)c12.[Y]. The van der Waals surface area contributed by atoms with Crippen molar-refractivity contribution in [1.82, 2.24) is 4.98 Å². The summed E-state index contributed by atoms with van der Waals surface area (Å²) < 4.78 is 0. The number of fused-ring (bicyclic) bond motifs is 1. The summed E-state index contributed by atoms with van der Waals surface area (Å²) in [6, 6.07) is 18.0. The van der Waals surface area contributed by atoms with E-state index in [0.29, 0.717) is 0 Å². The Labute approximate surface area is 137 Å². The van der Waals surface area contributed by atoms with Gasteiger partial charge in [0.15, 0.2) is 0 Å². The molecule has 3 aromatic rings. The van der Waals surface area contributed by atoms with Crippen molar-refractivity contribution in [1.29, 1.82) is 0 Å². The number of nitrogens with zero attached hydrogens (tertiary/aromatic N) is 1. The average Bonchev–Trinajstić information content (AvgIpc) is 2.47. The minimum Gasteiger partial charge on any atom is -0.392 e.